The van der Waals surface area contributed by atoms with Crippen LogP contribution in [0.5, 0.6) is 11.5 Å². The van der Waals surface area contributed by atoms with Crippen LogP contribution in [0.1, 0.15) is 93.1 Å². The highest BCUT2D eigenvalue weighted by Gasteiger charge is 2.51. The van der Waals surface area contributed by atoms with E-state index in [1.54, 1.807) is 20.8 Å². The summed E-state index contributed by atoms with van der Waals surface area (Å²) in [5.41, 5.74) is -1.51. The number of carbonyl (C=O) groups is 2. The van der Waals surface area contributed by atoms with E-state index in [0.717, 1.165) is 44.0 Å². The first-order valence-electron chi connectivity index (χ1n) is 23.1. The summed E-state index contributed by atoms with van der Waals surface area (Å²) in [6, 6.07) is 17.5. The maximum Gasteiger partial charge on any atom is 0.316 e. The van der Waals surface area contributed by atoms with Crippen molar-refractivity contribution < 1.29 is 53.4 Å². The van der Waals surface area contributed by atoms with Crippen molar-refractivity contribution in [1.82, 2.24) is 15.5 Å². The van der Waals surface area contributed by atoms with Crippen LogP contribution in [0, 0.1) is 23.7 Å². The molecule has 4 rings (SSSR count). The van der Waals surface area contributed by atoms with Gasteiger partial charge in [0.2, 0.25) is 0 Å². The van der Waals surface area contributed by atoms with Gasteiger partial charge >= 0.3 is 5.97 Å². The Morgan fingerprint density at radius 2 is 1.53 bits per heavy atom. The second-order valence-electron chi connectivity index (χ2n) is 18.5. The molecule has 0 unspecified atom stereocenters. The van der Waals surface area contributed by atoms with Crippen LogP contribution in [0.3, 0.4) is 0 Å². The summed E-state index contributed by atoms with van der Waals surface area (Å²) in [5.74, 6) is -3.09. The van der Waals surface area contributed by atoms with E-state index in [0.29, 0.717) is 18.7 Å². The Balaban J connectivity index is 1.42. The van der Waals surface area contributed by atoms with Crippen LogP contribution in [-0.2, 0) is 39.9 Å². The summed E-state index contributed by atoms with van der Waals surface area (Å²) < 4.78 is 30.8. The van der Waals surface area contributed by atoms with Gasteiger partial charge in [-0.1, -0.05) is 63.2 Å². The van der Waals surface area contributed by atoms with Gasteiger partial charge in [-0.3, -0.25) is 9.59 Å². The van der Waals surface area contributed by atoms with Gasteiger partial charge in [-0.15, -0.1) is 0 Å². The van der Waals surface area contributed by atoms with Crippen molar-refractivity contribution in [2.75, 3.05) is 47.4 Å². The standard InChI is InChI=1S/C49H78N4O11/c1-12-40-49(8,58)44(56)33(4)41(52-60-27-26-50-24-16-17-25-51-30-36-20-22-38(23-21-36)62-37-18-14-13-15-19-37)31(2)29-48(7,59-11)45(34(5)42(54)35(6)46(57)63-40)64-47-43(55)39(53(9)10)28-32(3)61-47/h13-15,18-23,31-35,39-40,43-45,47,50-51,55-56,58H,12,16-17,24-30H2,1-11H3/b52-41+/t31-,32-,33+,34+,35-,39+,40-,43-,44-,45-,47+,48+,49-/m1/s1. The van der Waals surface area contributed by atoms with Crippen molar-refractivity contribution in [2.24, 2.45) is 28.8 Å². The van der Waals surface area contributed by atoms with Crippen LogP contribution in [-0.4, -0.2) is 139 Å². The van der Waals surface area contributed by atoms with E-state index in [-0.39, 0.29) is 31.6 Å². The number of likely N-dealkylation sites (N-methyl/N-ethyl adjacent to an activating group) is 1. The third-order valence-electron chi connectivity index (χ3n) is 13.1. The quantitative estimate of drug-likeness (QED) is 0.0548. The molecule has 2 aliphatic rings. The third kappa shape index (κ3) is 14.2. The number of methoxy groups -OCH3 is 1. The Bertz CT molecular complexity index is 1750. The summed E-state index contributed by atoms with van der Waals surface area (Å²) in [6.45, 7) is 16.9. The van der Waals surface area contributed by atoms with Crippen molar-refractivity contribution in [3.05, 3.63) is 60.2 Å². The molecule has 0 saturated carbocycles. The molecule has 2 aliphatic heterocycles. The molecule has 0 bridgehead atoms. The predicted octanol–water partition coefficient (Wildman–Crippen LogP) is 5.48. The lowest BCUT2D eigenvalue weighted by Gasteiger charge is -2.47. The largest absolute Gasteiger partial charge is 0.459 e. The number of rotatable bonds is 18. The molecule has 0 aliphatic carbocycles. The van der Waals surface area contributed by atoms with Crippen molar-refractivity contribution in [3.8, 4) is 11.5 Å². The van der Waals surface area contributed by atoms with E-state index in [9.17, 15) is 24.9 Å². The van der Waals surface area contributed by atoms with E-state index in [4.69, 9.17) is 28.5 Å². The first-order valence-corrected chi connectivity index (χ1v) is 23.1. The topological polar surface area (TPSA) is 190 Å². The Labute approximate surface area is 381 Å². The number of aliphatic hydroxyl groups is 3. The lowest BCUT2D eigenvalue weighted by Crippen LogP contribution is -2.60. The molecule has 360 valence electrons. The maximum atomic E-state index is 14.2. The summed E-state index contributed by atoms with van der Waals surface area (Å²) in [7, 11) is 5.29. The molecule has 0 radical (unpaired) electrons. The highest BCUT2D eigenvalue weighted by Crippen LogP contribution is 2.38. The van der Waals surface area contributed by atoms with Crippen molar-refractivity contribution in [1.29, 1.82) is 0 Å². The fourth-order valence-corrected chi connectivity index (χ4v) is 9.01. The second kappa shape index (κ2) is 24.9. The van der Waals surface area contributed by atoms with Crippen LogP contribution in [0.4, 0.5) is 0 Å². The highest BCUT2D eigenvalue weighted by atomic mass is 16.7. The summed E-state index contributed by atoms with van der Waals surface area (Å²) in [6.07, 6.45) is -3.08. The molecule has 5 N–H and O–H groups in total. The molecule has 2 heterocycles. The lowest BCUT2D eigenvalue weighted by molar-refractivity contribution is -0.295. The normalized spacial score (nSPS) is 34.0. The smallest absolute Gasteiger partial charge is 0.316 e. The van der Waals surface area contributed by atoms with Gasteiger partial charge in [0.1, 0.15) is 41.8 Å². The highest BCUT2D eigenvalue weighted by molar-refractivity contribution is 6.00. The number of nitrogens with zero attached hydrogens (tertiary/aromatic N) is 2. The Morgan fingerprint density at radius 1 is 0.891 bits per heavy atom. The molecule has 0 aromatic heterocycles. The van der Waals surface area contributed by atoms with Gasteiger partial charge in [-0.2, -0.15) is 0 Å². The Kier molecular flexibility index (Phi) is 20.6. The average Bonchev–Trinajstić information content (AvgIpc) is 3.27. The monoisotopic (exact) mass is 899 g/mol. The molecule has 2 aromatic rings. The van der Waals surface area contributed by atoms with Crippen molar-refractivity contribution in [3.63, 3.8) is 0 Å². The number of esters is 1. The van der Waals surface area contributed by atoms with Gasteiger partial charge in [0.15, 0.2) is 12.1 Å². The zero-order chi connectivity index (χ0) is 47.2. The first-order chi connectivity index (χ1) is 30.3. The average molecular weight is 899 g/mol. The zero-order valence-electron chi connectivity index (χ0n) is 40.1. The van der Waals surface area contributed by atoms with Crippen LogP contribution in [0.15, 0.2) is 59.8 Å². The third-order valence-corrected chi connectivity index (χ3v) is 13.1. The van der Waals surface area contributed by atoms with E-state index < -0.39 is 77.3 Å². The first kappa shape index (κ1) is 53.1. The minimum absolute atomic E-state index is 0.175. The molecular formula is C49H78N4O11. The molecule has 15 heteroatoms. The van der Waals surface area contributed by atoms with Gasteiger partial charge in [-0.05, 0) is 117 Å². The van der Waals surface area contributed by atoms with Crippen LogP contribution >= 0.6 is 0 Å². The molecule has 64 heavy (non-hydrogen) atoms. The summed E-state index contributed by atoms with van der Waals surface area (Å²) in [5, 5.41) is 46.7. The number of carbonyl (C=O) groups excluding carboxylic acids is 2. The van der Waals surface area contributed by atoms with E-state index in [2.05, 4.69) is 27.9 Å². The van der Waals surface area contributed by atoms with Gasteiger partial charge < -0.3 is 59.4 Å². The number of oxime groups is 1. The van der Waals surface area contributed by atoms with Crippen molar-refractivity contribution in [2.45, 2.75) is 148 Å². The summed E-state index contributed by atoms with van der Waals surface area (Å²) in [4.78, 5) is 35.7. The van der Waals surface area contributed by atoms with E-state index in [1.807, 2.05) is 82.2 Å². The minimum atomic E-state index is -1.91. The number of para-hydroxylation sites is 1. The van der Waals surface area contributed by atoms with Gasteiger partial charge in [0, 0.05) is 44.0 Å². The number of ether oxygens (including phenoxy) is 5. The number of ketones is 1. The van der Waals surface area contributed by atoms with E-state index >= 15 is 0 Å². The minimum Gasteiger partial charge on any atom is -0.459 e. The number of nitrogens with one attached hydrogen (secondary N) is 2. The fraction of sp³-hybridized carbons (Fsp3) is 0.694. The molecule has 0 amide bonds. The summed E-state index contributed by atoms with van der Waals surface area (Å²) >= 11 is 0. The number of Topliss-reactive ketones (excluding diaryl/α,β-unsaturated/α-hetero) is 1. The molecule has 0 spiro atoms. The van der Waals surface area contributed by atoms with Gasteiger partial charge in [-0.25, -0.2) is 0 Å². The second-order valence-corrected chi connectivity index (χ2v) is 18.5. The molecule has 13 atom stereocenters. The van der Waals surface area contributed by atoms with Crippen LogP contribution in [0.25, 0.3) is 0 Å². The van der Waals surface area contributed by atoms with Crippen LogP contribution < -0.4 is 15.4 Å². The molecule has 2 fully saturated rings. The predicted molar refractivity (Wildman–Crippen MR) is 246 cm³/mol. The number of aliphatic hydroxyl groups excluding tert-OH is 2. The SMILES string of the molecule is CC[C@H]1OC(=O)[C@H](C)C(=O)[C@H](C)[C@@H](O[C@@H]2O[C@H](C)C[C@H](N(C)C)[C@H]2O)[C@@](C)(OC)C[C@@H](C)/C(=N\OCCNCCCCNCc2ccc(Oc3ccccc3)cc2)[C@H](C)[C@@H](O)[C@]1(C)O. The number of cyclic esters (lactones) is 1. The number of unbranched alkanes of at least 4 members (excludes halogenated alkanes) is 1. The molecule has 2 aromatic carbocycles. The van der Waals surface area contributed by atoms with Gasteiger partial charge in [0.25, 0.3) is 0 Å². The lowest BCUT2D eigenvalue weighted by atomic mass is 9.74. The molecular weight excluding hydrogens is 821 g/mol. The Morgan fingerprint density at radius 3 is 2.16 bits per heavy atom. The maximum absolute atomic E-state index is 14.2. The van der Waals surface area contributed by atoms with E-state index in [1.165, 1.54) is 26.5 Å². The van der Waals surface area contributed by atoms with Crippen LogP contribution in [0.2, 0.25) is 0 Å². The molecule has 2 saturated heterocycles. The van der Waals surface area contributed by atoms with Gasteiger partial charge in [0.05, 0.1) is 29.6 Å². The Hall–Kier alpha value is -3.51. The number of hydrogen-bond acceptors (Lipinski definition) is 15. The zero-order valence-corrected chi connectivity index (χ0v) is 40.1. The van der Waals surface area contributed by atoms with Crippen molar-refractivity contribution >= 4 is 17.5 Å². The fourth-order valence-electron chi connectivity index (χ4n) is 9.01. The number of hydrogen-bond donors (Lipinski definition) is 5. The number of benzene rings is 2. The molecule has 15 nitrogen and oxygen atoms in total.